The van der Waals surface area contributed by atoms with Gasteiger partial charge in [-0.3, -0.25) is 14.5 Å². The van der Waals surface area contributed by atoms with Crippen LogP contribution in [0.5, 0.6) is 0 Å². The van der Waals surface area contributed by atoms with Gasteiger partial charge >= 0.3 is 0 Å². The zero-order valence-corrected chi connectivity index (χ0v) is 15.3. The summed E-state index contributed by atoms with van der Waals surface area (Å²) in [5, 5.41) is 3.05. The van der Waals surface area contributed by atoms with Crippen molar-refractivity contribution in [3.63, 3.8) is 0 Å². The van der Waals surface area contributed by atoms with Crippen LogP contribution in [0.4, 0.5) is 0 Å². The van der Waals surface area contributed by atoms with Crippen molar-refractivity contribution in [1.29, 1.82) is 0 Å². The molecule has 138 valence electrons. The van der Waals surface area contributed by atoms with E-state index < -0.39 is 0 Å². The molecular weight excluding hydrogens is 326 g/mol. The summed E-state index contributed by atoms with van der Waals surface area (Å²) in [6.45, 7) is 4.77. The first kappa shape index (κ1) is 18.4. The Labute approximate surface area is 154 Å². The molecule has 0 spiro atoms. The Balaban J connectivity index is 1.74. The third-order valence-electron chi connectivity index (χ3n) is 5.05. The minimum atomic E-state index is -0.205. The second-order valence-electron chi connectivity index (χ2n) is 7.03. The molecule has 1 amide bonds. The van der Waals surface area contributed by atoms with Crippen molar-refractivity contribution in [3.05, 3.63) is 69.6 Å². The Morgan fingerprint density at radius 2 is 1.77 bits per heavy atom. The van der Waals surface area contributed by atoms with Crippen molar-refractivity contribution in [2.24, 2.45) is 0 Å². The second-order valence-corrected chi connectivity index (χ2v) is 7.03. The number of hydrogen-bond acceptors (Lipinski definition) is 3. The largest absolute Gasteiger partial charge is 0.350 e. The van der Waals surface area contributed by atoms with Crippen molar-refractivity contribution >= 4 is 5.91 Å². The Kier molecular flexibility index (Phi) is 6.23. The second kappa shape index (κ2) is 8.81. The highest BCUT2D eigenvalue weighted by Crippen LogP contribution is 2.24. The molecule has 2 aromatic rings. The molecule has 5 heteroatoms. The number of aryl methyl sites for hydroxylation is 1. The average Bonchev–Trinajstić information content (AvgIpc) is 2.93. The standard InChI is InChI=1S/C21H27N3O2/c1-16-6-8-17(9-7-16)19(24-12-4-2-3-5-13-24)15-23-21(26)18-10-11-20(25)22-14-18/h6-11,14,19H,2-5,12-13,15H2,1H3,(H,22,25)(H,23,26). The molecule has 2 N–H and O–H groups in total. The monoisotopic (exact) mass is 353 g/mol. The minimum absolute atomic E-state index is 0.159. The van der Waals surface area contributed by atoms with E-state index in [2.05, 4.69) is 46.4 Å². The molecule has 26 heavy (non-hydrogen) atoms. The Morgan fingerprint density at radius 1 is 1.08 bits per heavy atom. The summed E-state index contributed by atoms with van der Waals surface area (Å²) >= 11 is 0. The van der Waals surface area contributed by atoms with Crippen LogP contribution in [-0.2, 0) is 0 Å². The van der Waals surface area contributed by atoms with Crippen molar-refractivity contribution < 1.29 is 4.79 Å². The lowest BCUT2D eigenvalue weighted by Crippen LogP contribution is -2.38. The molecule has 0 radical (unpaired) electrons. The summed E-state index contributed by atoms with van der Waals surface area (Å²) in [6.07, 6.45) is 6.43. The molecule has 1 aromatic heterocycles. The van der Waals surface area contributed by atoms with Crippen molar-refractivity contribution in [3.8, 4) is 0 Å². The first-order valence-corrected chi connectivity index (χ1v) is 9.41. The lowest BCUT2D eigenvalue weighted by Gasteiger charge is -2.31. The van der Waals surface area contributed by atoms with Gasteiger partial charge < -0.3 is 10.3 Å². The normalized spacial score (nSPS) is 16.7. The fourth-order valence-corrected chi connectivity index (χ4v) is 3.50. The third kappa shape index (κ3) is 4.82. The number of amides is 1. The summed E-state index contributed by atoms with van der Waals surface area (Å²) in [5.41, 5.74) is 2.74. The van der Waals surface area contributed by atoms with Crippen LogP contribution < -0.4 is 10.9 Å². The predicted octanol–water partition coefficient (Wildman–Crippen LogP) is 3.03. The number of carbonyl (C=O) groups is 1. The zero-order chi connectivity index (χ0) is 18.4. The molecule has 2 heterocycles. The number of aromatic nitrogens is 1. The van der Waals surface area contributed by atoms with E-state index in [-0.39, 0.29) is 17.5 Å². The summed E-state index contributed by atoms with van der Waals surface area (Å²) in [7, 11) is 0. The van der Waals surface area contributed by atoms with Gasteiger partial charge in [-0.05, 0) is 44.5 Å². The van der Waals surface area contributed by atoms with Gasteiger partial charge in [0.1, 0.15) is 0 Å². The number of rotatable bonds is 5. The third-order valence-corrected chi connectivity index (χ3v) is 5.05. The van der Waals surface area contributed by atoms with Crippen LogP contribution in [0, 0.1) is 6.92 Å². The smallest absolute Gasteiger partial charge is 0.252 e. The number of hydrogen-bond donors (Lipinski definition) is 2. The molecule has 1 fully saturated rings. The van der Waals surface area contributed by atoms with E-state index in [1.807, 2.05) is 0 Å². The molecule has 1 atom stereocenters. The summed E-state index contributed by atoms with van der Waals surface area (Å²) < 4.78 is 0. The quantitative estimate of drug-likeness (QED) is 0.868. The number of carbonyl (C=O) groups excluding carboxylic acids is 1. The molecule has 0 saturated carbocycles. The van der Waals surface area contributed by atoms with Crippen molar-refractivity contribution in [2.45, 2.75) is 38.6 Å². The van der Waals surface area contributed by atoms with Gasteiger partial charge in [-0.1, -0.05) is 42.7 Å². The van der Waals surface area contributed by atoms with E-state index in [0.717, 1.165) is 13.1 Å². The molecule has 5 nitrogen and oxygen atoms in total. The number of pyridine rings is 1. The highest BCUT2D eigenvalue weighted by molar-refractivity contribution is 5.93. The predicted molar refractivity (Wildman–Crippen MR) is 103 cm³/mol. The molecule has 0 aliphatic carbocycles. The molecule has 0 bridgehead atoms. The van der Waals surface area contributed by atoms with Crippen LogP contribution in [0.25, 0.3) is 0 Å². The molecular formula is C21H27N3O2. The Morgan fingerprint density at radius 3 is 2.38 bits per heavy atom. The number of nitrogens with zero attached hydrogens (tertiary/aromatic N) is 1. The van der Waals surface area contributed by atoms with E-state index >= 15 is 0 Å². The summed E-state index contributed by atoms with van der Waals surface area (Å²) in [5.74, 6) is -0.159. The number of H-pyrrole nitrogens is 1. The topological polar surface area (TPSA) is 65.2 Å². The van der Waals surface area contributed by atoms with Crippen LogP contribution in [-0.4, -0.2) is 35.4 Å². The molecule has 3 rings (SSSR count). The lowest BCUT2D eigenvalue weighted by molar-refractivity contribution is 0.0933. The van der Waals surface area contributed by atoms with Crippen LogP contribution in [0.15, 0.2) is 47.4 Å². The van der Waals surface area contributed by atoms with E-state index in [0.29, 0.717) is 12.1 Å². The van der Waals surface area contributed by atoms with Gasteiger partial charge in [-0.15, -0.1) is 0 Å². The zero-order valence-electron chi connectivity index (χ0n) is 15.3. The highest BCUT2D eigenvalue weighted by atomic mass is 16.1. The number of aromatic amines is 1. The Hall–Kier alpha value is -2.40. The van der Waals surface area contributed by atoms with Gasteiger partial charge in [0.25, 0.3) is 5.91 Å². The van der Waals surface area contributed by atoms with E-state index in [4.69, 9.17) is 0 Å². The maximum Gasteiger partial charge on any atom is 0.252 e. The van der Waals surface area contributed by atoms with Crippen molar-refractivity contribution in [1.82, 2.24) is 15.2 Å². The first-order valence-electron chi connectivity index (χ1n) is 9.41. The maximum absolute atomic E-state index is 12.4. The number of benzene rings is 1. The molecule has 1 aliphatic rings. The number of likely N-dealkylation sites (tertiary alicyclic amines) is 1. The van der Waals surface area contributed by atoms with Gasteiger partial charge in [0.2, 0.25) is 5.56 Å². The fraction of sp³-hybridized carbons (Fsp3) is 0.429. The Bertz CT molecular complexity index is 754. The van der Waals surface area contributed by atoms with Crippen LogP contribution in [0.2, 0.25) is 0 Å². The SMILES string of the molecule is Cc1ccc(C(CNC(=O)c2ccc(=O)[nH]c2)N2CCCCCC2)cc1. The maximum atomic E-state index is 12.4. The van der Waals surface area contributed by atoms with Gasteiger partial charge in [-0.2, -0.15) is 0 Å². The molecule has 1 saturated heterocycles. The fourth-order valence-electron chi connectivity index (χ4n) is 3.50. The van der Waals surface area contributed by atoms with E-state index in [9.17, 15) is 9.59 Å². The summed E-state index contributed by atoms with van der Waals surface area (Å²) in [6, 6.07) is 11.7. The van der Waals surface area contributed by atoms with Crippen LogP contribution >= 0.6 is 0 Å². The van der Waals surface area contributed by atoms with E-state index in [1.54, 1.807) is 6.07 Å². The van der Waals surface area contributed by atoms with Crippen molar-refractivity contribution in [2.75, 3.05) is 19.6 Å². The average molecular weight is 353 g/mol. The van der Waals surface area contributed by atoms with Gasteiger partial charge in [-0.25, -0.2) is 0 Å². The van der Waals surface area contributed by atoms with Gasteiger partial charge in [0.15, 0.2) is 0 Å². The first-order chi connectivity index (χ1) is 12.6. The molecule has 1 aliphatic heterocycles. The molecule has 1 aromatic carbocycles. The van der Waals surface area contributed by atoms with Gasteiger partial charge in [0.05, 0.1) is 11.6 Å². The summed E-state index contributed by atoms with van der Waals surface area (Å²) in [4.78, 5) is 28.7. The van der Waals surface area contributed by atoms with Gasteiger partial charge in [0, 0.05) is 18.8 Å². The molecule has 1 unspecified atom stereocenters. The van der Waals surface area contributed by atoms with Crippen LogP contribution in [0.1, 0.15) is 53.2 Å². The van der Waals surface area contributed by atoms with E-state index in [1.165, 1.54) is 49.1 Å². The number of nitrogens with one attached hydrogen (secondary N) is 2. The lowest BCUT2D eigenvalue weighted by atomic mass is 10.0. The minimum Gasteiger partial charge on any atom is -0.350 e. The van der Waals surface area contributed by atoms with Crippen LogP contribution in [0.3, 0.4) is 0 Å². The highest BCUT2D eigenvalue weighted by Gasteiger charge is 2.22.